The molecule has 2 heterocycles. The molecular weight excluding hydrogens is 270 g/mol. The summed E-state index contributed by atoms with van der Waals surface area (Å²) < 4.78 is 5.11. The minimum Gasteiger partial charge on any atom is -0.478 e. The van der Waals surface area contributed by atoms with E-state index in [-0.39, 0.29) is 5.56 Å². The van der Waals surface area contributed by atoms with E-state index in [4.69, 9.17) is 4.52 Å². The number of nitrogens with one attached hydrogen (secondary N) is 1. The SMILES string of the molecule is Cc1cc(CNc2nc3c(cc2C(=O)O)CCCC3)on1. The molecule has 0 fully saturated rings. The number of hydrogen-bond donors (Lipinski definition) is 2. The van der Waals surface area contributed by atoms with Gasteiger partial charge in [-0.25, -0.2) is 9.78 Å². The summed E-state index contributed by atoms with van der Waals surface area (Å²) in [5.74, 6) is 0.0905. The Morgan fingerprint density at radius 1 is 1.38 bits per heavy atom. The number of hydrogen-bond acceptors (Lipinski definition) is 5. The van der Waals surface area contributed by atoms with Gasteiger partial charge in [-0.3, -0.25) is 0 Å². The molecule has 0 spiro atoms. The van der Waals surface area contributed by atoms with Gasteiger partial charge in [0.15, 0.2) is 5.76 Å². The molecule has 1 aliphatic rings. The number of anilines is 1. The van der Waals surface area contributed by atoms with E-state index in [0.717, 1.165) is 42.6 Å². The zero-order chi connectivity index (χ0) is 14.8. The van der Waals surface area contributed by atoms with E-state index in [1.165, 1.54) is 0 Å². The molecule has 0 bridgehead atoms. The van der Waals surface area contributed by atoms with Crippen LogP contribution in [-0.2, 0) is 19.4 Å². The van der Waals surface area contributed by atoms with Crippen LogP contribution in [0.15, 0.2) is 16.7 Å². The Kier molecular flexibility index (Phi) is 3.60. The number of pyridine rings is 1. The largest absolute Gasteiger partial charge is 0.478 e. The van der Waals surface area contributed by atoms with Gasteiger partial charge in [0.2, 0.25) is 0 Å². The summed E-state index contributed by atoms with van der Waals surface area (Å²) in [4.78, 5) is 15.9. The maximum atomic E-state index is 11.4. The number of carbonyl (C=O) groups is 1. The number of aryl methyl sites for hydroxylation is 3. The Labute approximate surface area is 122 Å². The molecule has 2 aromatic heterocycles. The van der Waals surface area contributed by atoms with Gasteiger partial charge in [-0.15, -0.1) is 0 Å². The quantitative estimate of drug-likeness (QED) is 0.898. The van der Waals surface area contributed by atoms with E-state index >= 15 is 0 Å². The number of aromatic nitrogens is 2. The molecule has 110 valence electrons. The summed E-state index contributed by atoms with van der Waals surface area (Å²) in [6, 6.07) is 3.56. The standard InChI is InChI=1S/C15H17N3O3/c1-9-6-11(21-18-9)8-16-14-12(15(19)20)7-10-4-2-3-5-13(10)17-14/h6-7H,2-5,8H2,1H3,(H,16,17)(H,19,20). The van der Waals surface area contributed by atoms with Crippen LogP contribution in [-0.4, -0.2) is 21.2 Å². The minimum absolute atomic E-state index is 0.215. The molecule has 0 radical (unpaired) electrons. The van der Waals surface area contributed by atoms with Gasteiger partial charge in [0.1, 0.15) is 11.4 Å². The molecule has 0 saturated carbocycles. The van der Waals surface area contributed by atoms with Crippen molar-refractivity contribution in [3.63, 3.8) is 0 Å². The summed E-state index contributed by atoms with van der Waals surface area (Å²) in [6.45, 7) is 2.21. The van der Waals surface area contributed by atoms with Crippen LogP contribution in [0.25, 0.3) is 0 Å². The average Bonchev–Trinajstić information content (AvgIpc) is 2.89. The van der Waals surface area contributed by atoms with Gasteiger partial charge in [0, 0.05) is 11.8 Å². The van der Waals surface area contributed by atoms with Crippen molar-refractivity contribution in [2.75, 3.05) is 5.32 Å². The molecule has 6 nitrogen and oxygen atoms in total. The fourth-order valence-electron chi connectivity index (χ4n) is 2.60. The van der Waals surface area contributed by atoms with Crippen molar-refractivity contribution >= 4 is 11.8 Å². The number of rotatable bonds is 4. The molecule has 2 aromatic rings. The third kappa shape index (κ3) is 2.89. The zero-order valence-electron chi connectivity index (χ0n) is 11.8. The molecule has 1 aliphatic carbocycles. The monoisotopic (exact) mass is 287 g/mol. The minimum atomic E-state index is -0.966. The van der Waals surface area contributed by atoms with Gasteiger partial charge in [0.05, 0.1) is 12.2 Å². The van der Waals surface area contributed by atoms with Crippen molar-refractivity contribution in [2.24, 2.45) is 0 Å². The normalized spacial score (nSPS) is 13.8. The van der Waals surface area contributed by atoms with E-state index in [1.54, 1.807) is 6.07 Å². The highest BCUT2D eigenvalue weighted by molar-refractivity contribution is 5.93. The number of nitrogens with zero attached hydrogens (tertiary/aromatic N) is 2. The second kappa shape index (κ2) is 5.55. The highest BCUT2D eigenvalue weighted by Gasteiger charge is 2.19. The fraction of sp³-hybridized carbons (Fsp3) is 0.400. The molecule has 0 aliphatic heterocycles. The maximum Gasteiger partial charge on any atom is 0.339 e. The first-order valence-corrected chi connectivity index (χ1v) is 7.05. The Balaban J connectivity index is 1.87. The summed E-state index contributed by atoms with van der Waals surface area (Å²) in [7, 11) is 0. The van der Waals surface area contributed by atoms with Gasteiger partial charge in [-0.05, 0) is 44.2 Å². The summed E-state index contributed by atoms with van der Waals surface area (Å²) >= 11 is 0. The van der Waals surface area contributed by atoms with Crippen molar-refractivity contribution in [3.8, 4) is 0 Å². The highest BCUT2D eigenvalue weighted by Crippen LogP contribution is 2.25. The molecule has 21 heavy (non-hydrogen) atoms. The third-order valence-electron chi connectivity index (χ3n) is 3.64. The third-order valence-corrected chi connectivity index (χ3v) is 3.64. The van der Waals surface area contributed by atoms with Crippen LogP contribution in [0.5, 0.6) is 0 Å². The van der Waals surface area contributed by atoms with Gasteiger partial charge < -0.3 is 14.9 Å². The summed E-state index contributed by atoms with van der Waals surface area (Å²) in [6.07, 6.45) is 4.01. The van der Waals surface area contributed by atoms with Crippen molar-refractivity contribution in [1.29, 1.82) is 0 Å². The molecule has 3 rings (SSSR count). The van der Waals surface area contributed by atoms with E-state index in [0.29, 0.717) is 18.1 Å². The topological polar surface area (TPSA) is 88.2 Å². The van der Waals surface area contributed by atoms with E-state index in [1.807, 2.05) is 13.0 Å². The zero-order valence-corrected chi connectivity index (χ0v) is 11.8. The predicted molar refractivity (Wildman–Crippen MR) is 76.4 cm³/mol. The van der Waals surface area contributed by atoms with Crippen LogP contribution in [0.4, 0.5) is 5.82 Å². The highest BCUT2D eigenvalue weighted by atomic mass is 16.5. The number of aromatic carboxylic acids is 1. The van der Waals surface area contributed by atoms with Crippen LogP contribution in [0.1, 0.15) is 45.9 Å². The lowest BCUT2D eigenvalue weighted by molar-refractivity contribution is 0.0697. The van der Waals surface area contributed by atoms with Crippen LogP contribution in [0.2, 0.25) is 0 Å². The Morgan fingerprint density at radius 3 is 2.90 bits per heavy atom. The summed E-state index contributed by atoms with van der Waals surface area (Å²) in [5, 5.41) is 16.2. The van der Waals surface area contributed by atoms with Crippen molar-refractivity contribution in [1.82, 2.24) is 10.1 Å². The van der Waals surface area contributed by atoms with Gasteiger partial charge in [-0.1, -0.05) is 5.16 Å². The molecule has 0 amide bonds. The Hall–Kier alpha value is -2.37. The van der Waals surface area contributed by atoms with Crippen molar-refractivity contribution < 1.29 is 14.4 Å². The smallest absolute Gasteiger partial charge is 0.339 e. The molecule has 0 saturated heterocycles. The summed E-state index contributed by atoms with van der Waals surface area (Å²) in [5.41, 5.74) is 3.07. The molecule has 6 heteroatoms. The number of carboxylic acids is 1. The van der Waals surface area contributed by atoms with Crippen LogP contribution in [0.3, 0.4) is 0 Å². The number of carboxylic acid groups (broad SMARTS) is 1. The predicted octanol–water partition coefficient (Wildman–Crippen LogP) is 2.57. The van der Waals surface area contributed by atoms with Crippen LogP contribution in [0, 0.1) is 6.92 Å². The lowest BCUT2D eigenvalue weighted by Crippen LogP contribution is -2.14. The second-order valence-corrected chi connectivity index (χ2v) is 5.29. The molecule has 2 N–H and O–H groups in total. The second-order valence-electron chi connectivity index (χ2n) is 5.29. The first-order chi connectivity index (χ1) is 10.1. The Morgan fingerprint density at radius 2 is 2.19 bits per heavy atom. The van der Waals surface area contributed by atoms with E-state index < -0.39 is 5.97 Å². The Bertz CT molecular complexity index is 679. The van der Waals surface area contributed by atoms with Crippen molar-refractivity contribution in [3.05, 3.63) is 40.4 Å². The molecule has 0 atom stereocenters. The van der Waals surface area contributed by atoms with Gasteiger partial charge in [-0.2, -0.15) is 0 Å². The first kappa shape index (κ1) is 13.6. The van der Waals surface area contributed by atoms with Crippen LogP contribution >= 0.6 is 0 Å². The average molecular weight is 287 g/mol. The molecular formula is C15H17N3O3. The lowest BCUT2D eigenvalue weighted by atomic mass is 9.95. The fourth-order valence-corrected chi connectivity index (χ4v) is 2.60. The van der Waals surface area contributed by atoms with Gasteiger partial charge >= 0.3 is 5.97 Å². The maximum absolute atomic E-state index is 11.4. The van der Waals surface area contributed by atoms with E-state index in [2.05, 4.69) is 15.5 Å². The van der Waals surface area contributed by atoms with E-state index in [9.17, 15) is 9.90 Å². The van der Waals surface area contributed by atoms with Crippen LogP contribution < -0.4 is 5.32 Å². The molecule has 0 unspecified atom stereocenters. The first-order valence-electron chi connectivity index (χ1n) is 7.05. The van der Waals surface area contributed by atoms with Crippen molar-refractivity contribution in [2.45, 2.75) is 39.2 Å². The number of fused-ring (bicyclic) bond motifs is 1. The van der Waals surface area contributed by atoms with Gasteiger partial charge in [0.25, 0.3) is 0 Å². The molecule has 0 aromatic carbocycles. The lowest BCUT2D eigenvalue weighted by Gasteiger charge is -2.17.